The first-order chi connectivity index (χ1) is 16.5. The predicted octanol–water partition coefficient (Wildman–Crippen LogP) is 6.36. The van der Waals surface area contributed by atoms with Crippen LogP contribution in [0.25, 0.3) is 0 Å². The van der Waals surface area contributed by atoms with Crippen molar-refractivity contribution in [2.75, 3.05) is 25.6 Å². The number of anilines is 1. The molecule has 0 atom stereocenters. The van der Waals surface area contributed by atoms with Crippen LogP contribution in [-0.2, 0) is 13.2 Å². The van der Waals surface area contributed by atoms with Crippen molar-refractivity contribution in [3.8, 4) is 17.2 Å². The molecule has 0 radical (unpaired) electrons. The van der Waals surface area contributed by atoms with Gasteiger partial charge >= 0.3 is 6.03 Å². The van der Waals surface area contributed by atoms with E-state index < -0.39 is 0 Å². The minimum atomic E-state index is -0.152. The van der Waals surface area contributed by atoms with E-state index in [0.717, 1.165) is 22.6 Å². The van der Waals surface area contributed by atoms with E-state index in [4.69, 9.17) is 14.2 Å². The molecule has 0 fully saturated rings. The zero-order chi connectivity index (χ0) is 24.3. The molecule has 0 saturated carbocycles. The Labute approximate surface area is 202 Å². The van der Waals surface area contributed by atoms with Crippen molar-refractivity contribution in [1.82, 2.24) is 4.90 Å². The Bertz CT molecular complexity index is 1040. The highest BCUT2D eigenvalue weighted by atomic mass is 16.5. The summed E-state index contributed by atoms with van der Waals surface area (Å²) in [7, 11) is 1.62. The normalized spacial score (nSPS) is 10.6. The number of nitrogens with one attached hydrogen (secondary N) is 1. The summed E-state index contributed by atoms with van der Waals surface area (Å²) in [5.74, 6) is 2.41. The topological polar surface area (TPSA) is 60.0 Å². The maximum atomic E-state index is 13.1. The van der Waals surface area contributed by atoms with E-state index in [-0.39, 0.29) is 6.03 Å². The van der Waals surface area contributed by atoms with Crippen molar-refractivity contribution < 1.29 is 19.0 Å². The number of rotatable bonds is 11. The van der Waals surface area contributed by atoms with Crippen LogP contribution in [-0.4, -0.2) is 31.2 Å². The fraction of sp³-hybridized carbons (Fsp3) is 0.321. The predicted molar refractivity (Wildman–Crippen MR) is 136 cm³/mol. The molecule has 6 heteroatoms. The molecule has 0 unspecified atom stereocenters. The number of ether oxygens (including phenoxy) is 3. The van der Waals surface area contributed by atoms with Crippen LogP contribution in [0.5, 0.6) is 17.2 Å². The van der Waals surface area contributed by atoms with Crippen LogP contribution in [0.4, 0.5) is 10.5 Å². The zero-order valence-corrected chi connectivity index (χ0v) is 20.4. The number of methoxy groups -OCH3 is 1. The fourth-order valence-corrected chi connectivity index (χ4v) is 3.55. The SMILES string of the molecule is CCOc1ccc(NC(=O)N(Cc2ccc(OCc3ccccc3)c(OC)c2)CC(C)C)cc1. The van der Waals surface area contributed by atoms with Crippen molar-refractivity contribution in [2.45, 2.75) is 33.9 Å². The largest absolute Gasteiger partial charge is 0.494 e. The van der Waals surface area contributed by atoms with Crippen LogP contribution in [0.15, 0.2) is 72.8 Å². The second-order valence-electron chi connectivity index (χ2n) is 8.42. The Morgan fingerprint density at radius 2 is 1.65 bits per heavy atom. The second kappa shape index (κ2) is 12.5. The van der Waals surface area contributed by atoms with Gasteiger partial charge < -0.3 is 24.4 Å². The minimum absolute atomic E-state index is 0.152. The van der Waals surface area contributed by atoms with E-state index in [1.165, 1.54) is 0 Å². The van der Waals surface area contributed by atoms with Gasteiger partial charge in [-0.3, -0.25) is 0 Å². The molecule has 2 amide bonds. The van der Waals surface area contributed by atoms with Crippen molar-refractivity contribution >= 4 is 11.7 Å². The van der Waals surface area contributed by atoms with Crippen LogP contribution in [0.2, 0.25) is 0 Å². The Morgan fingerprint density at radius 1 is 0.912 bits per heavy atom. The molecule has 0 heterocycles. The van der Waals surface area contributed by atoms with Gasteiger partial charge in [-0.05, 0) is 60.4 Å². The third-order valence-corrected chi connectivity index (χ3v) is 5.13. The van der Waals surface area contributed by atoms with E-state index in [2.05, 4.69) is 19.2 Å². The van der Waals surface area contributed by atoms with Gasteiger partial charge in [0.25, 0.3) is 0 Å². The van der Waals surface area contributed by atoms with Crippen molar-refractivity contribution in [3.63, 3.8) is 0 Å². The van der Waals surface area contributed by atoms with Gasteiger partial charge in [0, 0.05) is 18.8 Å². The molecule has 180 valence electrons. The summed E-state index contributed by atoms with van der Waals surface area (Å²) in [6.45, 7) is 8.27. The molecule has 0 aliphatic rings. The number of hydrogen-bond acceptors (Lipinski definition) is 4. The van der Waals surface area contributed by atoms with Gasteiger partial charge in [0.2, 0.25) is 0 Å². The lowest BCUT2D eigenvalue weighted by Gasteiger charge is -2.25. The van der Waals surface area contributed by atoms with Gasteiger partial charge in [-0.25, -0.2) is 4.79 Å². The first kappa shape index (κ1) is 25.0. The summed E-state index contributed by atoms with van der Waals surface area (Å²) >= 11 is 0. The van der Waals surface area contributed by atoms with E-state index >= 15 is 0 Å². The maximum Gasteiger partial charge on any atom is 0.322 e. The summed E-state index contributed by atoms with van der Waals surface area (Å²) in [6.07, 6.45) is 0. The first-order valence-electron chi connectivity index (χ1n) is 11.6. The second-order valence-corrected chi connectivity index (χ2v) is 8.42. The molecule has 0 aliphatic carbocycles. The van der Waals surface area contributed by atoms with Crippen molar-refractivity contribution in [1.29, 1.82) is 0 Å². The van der Waals surface area contributed by atoms with Crippen LogP contribution >= 0.6 is 0 Å². The summed E-state index contributed by atoms with van der Waals surface area (Å²) in [5, 5.41) is 2.99. The lowest BCUT2D eigenvalue weighted by atomic mass is 10.1. The summed E-state index contributed by atoms with van der Waals surface area (Å²) in [5.41, 5.74) is 2.78. The number of carbonyl (C=O) groups excluding carboxylic acids is 1. The molecule has 3 rings (SSSR count). The Morgan fingerprint density at radius 3 is 2.29 bits per heavy atom. The third-order valence-electron chi connectivity index (χ3n) is 5.13. The Kier molecular flexibility index (Phi) is 9.21. The molecule has 0 spiro atoms. The molecule has 3 aromatic carbocycles. The molecule has 6 nitrogen and oxygen atoms in total. The Balaban J connectivity index is 1.68. The van der Waals surface area contributed by atoms with E-state index in [1.54, 1.807) is 12.0 Å². The van der Waals surface area contributed by atoms with Crippen molar-refractivity contribution in [2.24, 2.45) is 5.92 Å². The molecule has 0 bridgehead atoms. The average Bonchev–Trinajstić information content (AvgIpc) is 2.84. The number of benzene rings is 3. The van der Waals surface area contributed by atoms with E-state index in [1.807, 2.05) is 79.7 Å². The lowest BCUT2D eigenvalue weighted by molar-refractivity contribution is 0.201. The van der Waals surface area contributed by atoms with Gasteiger partial charge in [-0.1, -0.05) is 50.2 Å². The number of carbonyl (C=O) groups is 1. The standard InChI is InChI=1S/C28H34N2O4/c1-5-33-25-14-12-24(13-15-25)29-28(31)30(18-21(2)3)19-23-11-16-26(27(17-23)32-4)34-20-22-9-7-6-8-10-22/h6-17,21H,5,18-20H2,1-4H3,(H,29,31). The number of urea groups is 1. The number of nitrogens with zero attached hydrogens (tertiary/aromatic N) is 1. The molecule has 0 aliphatic heterocycles. The highest BCUT2D eigenvalue weighted by Gasteiger charge is 2.17. The first-order valence-corrected chi connectivity index (χ1v) is 11.6. The van der Waals surface area contributed by atoms with Crippen LogP contribution in [0, 0.1) is 5.92 Å². The van der Waals surface area contributed by atoms with Crippen LogP contribution in [0.1, 0.15) is 31.9 Å². The van der Waals surface area contributed by atoms with Gasteiger partial charge in [0.1, 0.15) is 12.4 Å². The van der Waals surface area contributed by atoms with Crippen LogP contribution in [0.3, 0.4) is 0 Å². The minimum Gasteiger partial charge on any atom is -0.494 e. The van der Waals surface area contributed by atoms with Crippen LogP contribution < -0.4 is 19.5 Å². The molecule has 0 saturated heterocycles. The van der Waals surface area contributed by atoms with Gasteiger partial charge in [0.05, 0.1) is 13.7 Å². The van der Waals surface area contributed by atoms with Gasteiger partial charge in [0.15, 0.2) is 11.5 Å². The van der Waals surface area contributed by atoms with E-state index in [9.17, 15) is 4.79 Å². The summed E-state index contributed by atoms with van der Waals surface area (Å²) < 4.78 is 17.0. The smallest absolute Gasteiger partial charge is 0.322 e. The van der Waals surface area contributed by atoms with Crippen molar-refractivity contribution in [3.05, 3.63) is 83.9 Å². The van der Waals surface area contributed by atoms with Gasteiger partial charge in [-0.2, -0.15) is 0 Å². The molecule has 3 aromatic rings. The fourth-order valence-electron chi connectivity index (χ4n) is 3.55. The molecular weight excluding hydrogens is 428 g/mol. The molecule has 34 heavy (non-hydrogen) atoms. The van der Waals surface area contributed by atoms with Gasteiger partial charge in [-0.15, -0.1) is 0 Å². The summed E-state index contributed by atoms with van der Waals surface area (Å²) in [6, 6.07) is 23.0. The monoisotopic (exact) mass is 462 g/mol. The zero-order valence-electron chi connectivity index (χ0n) is 20.4. The average molecular weight is 463 g/mol. The highest BCUT2D eigenvalue weighted by molar-refractivity contribution is 5.89. The molecule has 0 aromatic heterocycles. The Hall–Kier alpha value is -3.67. The molecular formula is C28H34N2O4. The maximum absolute atomic E-state index is 13.1. The summed E-state index contributed by atoms with van der Waals surface area (Å²) in [4.78, 5) is 14.9. The number of hydrogen-bond donors (Lipinski definition) is 1. The quantitative estimate of drug-likeness (QED) is 0.360. The number of amides is 2. The van der Waals surface area contributed by atoms with E-state index in [0.29, 0.717) is 43.7 Å². The lowest BCUT2D eigenvalue weighted by Crippen LogP contribution is -2.37. The third kappa shape index (κ3) is 7.44. The highest BCUT2D eigenvalue weighted by Crippen LogP contribution is 2.29. The molecule has 1 N–H and O–H groups in total.